The van der Waals surface area contributed by atoms with Crippen molar-refractivity contribution < 1.29 is 4.79 Å². The summed E-state index contributed by atoms with van der Waals surface area (Å²) < 4.78 is 0.715. The van der Waals surface area contributed by atoms with Crippen LogP contribution in [0.3, 0.4) is 0 Å². The maximum Gasteiger partial charge on any atom is 0.253 e. The smallest absolute Gasteiger partial charge is 0.253 e. The fraction of sp³-hybridized carbons (Fsp3) is 0.167. The number of aromatic nitrogens is 2. The Bertz CT molecular complexity index is 556. The summed E-state index contributed by atoms with van der Waals surface area (Å²) in [6.07, 6.45) is 3.46. The fourth-order valence-corrected chi connectivity index (χ4v) is 2.06. The van der Waals surface area contributed by atoms with Crippen molar-refractivity contribution in [1.29, 1.82) is 0 Å². The first-order chi connectivity index (χ1) is 8.58. The Morgan fingerprint density at radius 2 is 2.33 bits per heavy atom. The lowest BCUT2D eigenvalue weighted by molar-refractivity contribution is 0.0785. The maximum absolute atomic E-state index is 12.2. The van der Waals surface area contributed by atoms with Gasteiger partial charge in [0.15, 0.2) is 0 Å². The van der Waals surface area contributed by atoms with Gasteiger partial charge in [-0.25, -0.2) is 0 Å². The molecule has 0 saturated carbocycles. The number of aromatic amines is 1. The van der Waals surface area contributed by atoms with E-state index in [-0.39, 0.29) is 5.91 Å². The zero-order valence-electron chi connectivity index (χ0n) is 9.65. The third-order valence-electron chi connectivity index (χ3n) is 2.49. The highest BCUT2D eigenvalue weighted by molar-refractivity contribution is 9.10. The molecule has 0 aliphatic carbocycles. The topological polar surface area (TPSA) is 49.0 Å². The van der Waals surface area contributed by atoms with Gasteiger partial charge in [-0.15, -0.1) is 0 Å². The second kappa shape index (κ2) is 5.54. The summed E-state index contributed by atoms with van der Waals surface area (Å²) in [7, 11) is 1.75. The highest BCUT2D eigenvalue weighted by Gasteiger charge is 2.13. The normalized spacial score (nSPS) is 10.4. The van der Waals surface area contributed by atoms with E-state index in [0.717, 1.165) is 5.56 Å². The summed E-state index contributed by atoms with van der Waals surface area (Å²) in [5.41, 5.74) is 1.55. The van der Waals surface area contributed by atoms with Crippen molar-refractivity contribution in [3.8, 4) is 0 Å². The monoisotopic (exact) mass is 327 g/mol. The molecule has 0 spiro atoms. The van der Waals surface area contributed by atoms with Gasteiger partial charge in [0.1, 0.15) is 0 Å². The predicted molar refractivity (Wildman–Crippen MR) is 73.5 cm³/mol. The zero-order chi connectivity index (χ0) is 13.1. The van der Waals surface area contributed by atoms with E-state index in [2.05, 4.69) is 26.1 Å². The molecule has 0 saturated heterocycles. The van der Waals surface area contributed by atoms with Crippen molar-refractivity contribution in [2.45, 2.75) is 6.54 Å². The molecule has 0 atom stereocenters. The van der Waals surface area contributed by atoms with Gasteiger partial charge in [-0.3, -0.25) is 9.89 Å². The van der Waals surface area contributed by atoms with Gasteiger partial charge in [0, 0.05) is 35.4 Å². The van der Waals surface area contributed by atoms with Crippen molar-refractivity contribution in [1.82, 2.24) is 15.1 Å². The van der Waals surface area contributed by atoms with Crippen molar-refractivity contribution in [2.75, 3.05) is 7.05 Å². The van der Waals surface area contributed by atoms with E-state index in [0.29, 0.717) is 21.6 Å². The van der Waals surface area contributed by atoms with Gasteiger partial charge in [0.25, 0.3) is 5.91 Å². The molecular weight excluding hydrogens is 318 g/mol. The van der Waals surface area contributed by atoms with Crippen molar-refractivity contribution in [3.63, 3.8) is 0 Å². The minimum absolute atomic E-state index is 0.0615. The molecule has 0 aliphatic rings. The molecule has 94 valence electrons. The molecule has 1 aromatic heterocycles. The molecule has 1 heterocycles. The highest BCUT2D eigenvalue weighted by atomic mass is 79.9. The summed E-state index contributed by atoms with van der Waals surface area (Å²) in [4.78, 5) is 13.8. The van der Waals surface area contributed by atoms with Crippen molar-refractivity contribution >= 4 is 33.4 Å². The van der Waals surface area contributed by atoms with E-state index in [1.165, 1.54) is 0 Å². The van der Waals surface area contributed by atoms with Crippen LogP contribution in [0.15, 0.2) is 35.1 Å². The summed E-state index contributed by atoms with van der Waals surface area (Å²) in [5.74, 6) is -0.0615. The number of halogens is 2. The number of rotatable bonds is 3. The summed E-state index contributed by atoms with van der Waals surface area (Å²) in [6, 6.07) is 5.13. The Labute approximate surface area is 118 Å². The van der Waals surface area contributed by atoms with Gasteiger partial charge >= 0.3 is 0 Å². The Balaban J connectivity index is 2.12. The molecule has 1 N–H and O–H groups in total. The molecule has 0 unspecified atom stereocenters. The lowest BCUT2D eigenvalue weighted by Gasteiger charge is -2.16. The molecular formula is C12H11BrClN3O. The predicted octanol–water partition coefficient (Wildman–Crippen LogP) is 3.10. The lowest BCUT2D eigenvalue weighted by Crippen LogP contribution is -2.26. The number of nitrogens with one attached hydrogen (secondary N) is 1. The highest BCUT2D eigenvalue weighted by Crippen LogP contribution is 2.23. The Morgan fingerprint density at radius 1 is 1.56 bits per heavy atom. The number of carbonyl (C=O) groups is 1. The third kappa shape index (κ3) is 2.91. The van der Waals surface area contributed by atoms with Crippen LogP contribution >= 0.6 is 27.5 Å². The van der Waals surface area contributed by atoms with Crippen LogP contribution in [0.5, 0.6) is 0 Å². The van der Waals surface area contributed by atoms with E-state index in [9.17, 15) is 4.79 Å². The molecule has 0 radical (unpaired) electrons. The molecule has 2 rings (SSSR count). The molecule has 0 bridgehead atoms. The zero-order valence-corrected chi connectivity index (χ0v) is 12.0. The van der Waals surface area contributed by atoms with E-state index in [4.69, 9.17) is 11.6 Å². The first-order valence-corrected chi connectivity index (χ1v) is 6.43. The lowest BCUT2D eigenvalue weighted by atomic mass is 10.2. The van der Waals surface area contributed by atoms with Crippen molar-refractivity contribution in [2.24, 2.45) is 0 Å². The van der Waals surface area contributed by atoms with Gasteiger partial charge in [-0.2, -0.15) is 5.10 Å². The molecule has 18 heavy (non-hydrogen) atoms. The van der Waals surface area contributed by atoms with E-state index < -0.39 is 0 Å². The molecule has 0 aliphatic heterocycles. The van der Waals surface area contributed by atoms with Gasteiger partial charge in [-0.1, -0.05) is 11.6 Å². The first-order valence-electron chi connectivity index (χ1n) is 5.26. The Kier molecular flexibility index (Phi) is 4.04. The van der Waals surface area contributed by atoms with Crippen LogP contribution in [-0.2, 0) is 6.54 Å². The average molecular weight is 329 g/mol. The number of hydrogen-bond acceptors (Lipinski definition) is 2. The minimum Gasteiger partial charge on any atom is -0.337 e. The SMILES string of the molecule is CN(Cc1cn[nH]c1)C(=O)c1ccc(Cl)c(Br)c1. The number of H-pyrrole nitrogens is 1. The Morgan fingerprint density at radius 3 is 2.94 bits per heavy atom. The first kappa shape index (κ1) is 13.1. The molecule has 4 nitrogen and oxygen atoms in total. The van der Waals surface area contributed by atoms with E-state index >= 15 is 0 Å². The second-order valence-electron chi connectivity index (χ2n) is 3.90. The molecule has 6 heteroatoms. The molecule has 0 fully saturated rings. The van der Waals surface area contributed by atoms with Crippen LogP contribution in [-0.4, -0.2) is 28.1 Å². The van der Waals surface area contributed by atoms with E-state index in [1.54, 1.807) is 42.5 Å². The number of amides is 1. The van der Waals surface area contributed by atoms with Crippen LogP contribution in [0.1, 0.15) is 15.9 Å². The summed E-state index contributed by atoms with van der Waals surface area (Å²) in [6.45, 7) is 0.510. The summed E-state index contributed by atoms with van der Waals surface area (Å²) >= 11 is 9.20. The number of benzene rings is 1. The van der Waals surface area contributed by atoms with Crippen LogP contribution in [0, 0.1) is 0 Å². The van der Waals surface area contributed by atoms with Crippen LogP contribution in [0.25, 0.3) is 0 Å². The number of nitrogens with zero attached hydrogens (tertiary/aromatic N) is 2. The number of carbonyl (C=O) groups excluding carboxylic acids is 1. The molecule has 2 aromatic rings. The Hall–Kier alpha value is -1.33. The van der Waals surface area contributed by atoms with E-state index in [1.807, 2.05) is 0 Å². The van der Waals surface area contributed by atoms with Gasteiger partial charge in [0.05, 0.1) is 11.2 Å². The number of hydrogen-bond donors (Lipinski definition) is 1. The molecule has 1 amide bonds. The third-order valence-corrected chi connectivity index (χ3v) is 3.70. The van der Waals surface area contributed by atoms with Crippen LogP contribution < -0.4 is 0 Å². The van der Waals surface area contributed by atoms with Gasteiger partial charge in [0.2, 0.25) is 0 Å². The quantitative estimate of drug-likeness (QED) is 0.941. The fourth-order valence-electron chi connectivity index (χ4n) is 1.56. The summed E-state index contributed by atoms with van der Waals surface area (Å²) in [5, 5.41) is 7.15. The minimum atomic E-state index is -0.0615. The standard InChI is InChI=1S/C12H11BrClN3O/c1-17(7-8-5-15-16-6-8)12(18)9-2-3-11(14)10(13)4-9/h2-6H,7H2,1H3,(H,15,16). The maximum atomic E-state index is 12.2. The van der Waals surface area contributed by atoms with Crippen LogP contribution in [0.2, 0.25) is 5.02 Å². The average Bonchev–Trinajstić information content (AvgIpc) is 2.84. The molecule has 1 aromatic carbocycles. The second-order valence-corrected chi connectivity index (χ2v) is 5.16. The van der Waals surface area contributed by atoms with Crippen molar-refractivity contribution in [3.05, 3.63) is 51.2 Å². The van der Waals surface area contributed by atoms with Gasteiger partial charge < -0.3 is 4.90 Å². The van der Waals surface area contributed by atoms with Gasteiger partial charge in [-0.05, 0) is 34.1 Å². The van der Waals surface area contributed by atoms with Crippen LogP contribution in [0.4, 0.5) is 0 Å². The largest absolute Gasteiger partial charge is 0.337 e.